The first-order chi connectivity index (χ1) is 19.6. The molecule has 42 heavy (non-hydrogen) atoms. The van der Waals surface area contributed by atoms with E-state index < -0.39 is 0 Å². The van der Waals surface area contributed by atoms with Crippen molar-refractivity contribution in [1.82, 2.24) is 19.6 Å². The smallest absolute Gasteiger partial charge is 0.253 e. The Morgan fingerprint density at radius 2 is 1.81 bits per heavy atom. The zero-order valence-electron chi connectivity index (χ0n) is 23.5. The van der Waals surface area contributed by atoms with Gasteiger partial charge in [-0.3, -0.25) is 14.0 Å². The third-order valence-electron chi connectivity index (χ3n) is 6.40. The number of benzene rings is 2. The van der Waals surface area contributed by atoms with Gasteiger partial charge in [-0.2, -0.15) is 0 Å². The number of fused-ring (bicyclic) bond motifs is 1. The lowest BCUT2D eigenvalue weighted by Gasteiger charge is -2.21. The van der Waals surface area contributed by atoms with E-state index in [1.165, 1.54) is 9.80 Å². The highest BCUT2D eigenvalue weighted by Gasteiger charge is 2.19. The van der Waals surface area contributed by atoms with Crippen molar-refractivity contribution in [3.05, 3.63) is 97.8 Å². The van der Waals surface area contributed by atoms with Crippen LogP contribution in [0.4, 0.5) is 5.69 Å². The van der Waals surface area contributed by atoms with Crippen molar-refractivity contribution in [2.75, 3.05) is 39.1 Å². The Kier molecular flexibility index (Phi) is 11.8. The Bertz CT molecular complexity index is 1610. The summed E-state index contributed by atoms with van der Waals surface area (Å²) in [6.45, 7) is 2.60. The Morgan fingerprint density at radius 1 is 1.10 bits per heavy atom. The van der Waals surface area contributed by atoms with Gasteiger partial charge in [0.05, 0.1) is 22.9 Å². The minimum Gasteiger partial charge on any atom is -0.485 e. The topological polar surface area (TPSA) is 79.2 Å². The van der Waals surface area contributed by atoms with E-state index in [-0.39, 0.29) is 37.4 Å². The molecule has 0 bridgehead atoms. The standard InChI is InChI=1S/C30H30BrCl2N5O3.ClH/c1-19-28(31)38-16-6-8-25(29(38)35-19)41-18-22-23(32)13-14-24(27(22)33)37(4)26(39)17-34-15-5-7-20-9-11-21(12-10-20)30(40)36(2)3;/h5-14,16,34H,15,17-18H2,1-4H3;1H. The van der Waals surface area contributed by atoms with Gasteiger partial charge in [-0.15, -0.1) is 12.4 Å². The maximum atomic E-state index is 12.9. The van der Waals surface area contributed by atoms with E-state index in [2.05, 4.69) is 26.2 Å². The van der Waals surface area contributed by atoms with E-state index in [9.17, 15) is 9.59 Å². The highest BCUT2D eigenvalue weighted by atomic mass is 79.9. The number of ether oxygens (including phenoxy) is 1. The number of hydrogen-bond donors (Lipinski definition) is 1. The zero-order chi connectivity index (χ0) is 29.7. The van der Waals surface area contributed by atoms with Gasteiger partial charge in [0.1, 0.15) is 11.2 Å². The van der Waals surface area contributed by atoms with E-state index in [0.717, 1.165) is 15.9 Å². The SMILES string of the molecule is Cc1nc2c(OCc3c(Cl)ccc(N(C)C(=O)CNCC=Cc4ccc(C(=O)N(C)C)cc4)c3Cl)cccn2c1Br.Cl. The molecule has 12 heteroatoms. The number of nitrogens with zero attached hydrogens (tertiary/aromatic N) is 4. The van der Waals surface area contributed by atoms with Crippen molar-refractivity contribution < 1.29 is 14.3 Å². The number of aromatic nitrogens is 2. The van der Waals surface area contributed by atoms with Crippen molar-refractivity contribution in [1.29, 1.82) is 0 Å². The van der Waals surface area contributed by atoms with Crippen LogP contribution in [-0.4, -0.2) is 60.3 Å². The first-order valence-electron chi connectivity index (χ1n) is 12.8. The number of likely N-dealkylation sites (N-methyl/N-ethyl adjacent to an activating group) is 1. The molecule has 0 aliphatic heterocycles. The average Bonchev–Trinajstić information content (AvgIpc) is 3.25. The van der Waals surface area contributed by atoms with Gasteiger partial charge in [-0.25, -0.2) is 4.98 Å². The minimum atomic E-state index is -0.163. The van der Waals surface area contributed by atoms with Crippen LogP contribution in [0.3, 0.4) is 0 Å². The molecule has 2 aromatic heterocycles. The number of halogens is 4. The largest absolute Gasteiger partial charge is 0.485 e. The fourth-order valence-electron chi connectivity index (χ4n) is 4.07. The van der Waals surface area contributed by atoms with E-state index in [1.807, 2.05) is 53.9 Å². The average molecular weight is 696 g/mol. The Morgan fingerprint density at radius 3 is 2.50 bits per heavy atom. The highest BCUT2D eigenvalue weighted by Crippen LogP contribution is 2.35. The second kappa shape index (κ2) is 14.9. The molecule has 222 valence electrons. The molecule has 8 nitrogen and oxygen atoms in total. The van der Waals surface area contributed by atoms with Crippen LogP contribution in [0.15, 0.2) is 65.4 Å². The summed E-state index contributed by atoms with van der Waals surface area (Å²) in [5.74, 6) is 0.378. The van der Waals surface area contributed by atoms with E-state index >= 15 is 0 Å². The van der Waals surface area contributed by atoms with Crippen molar-refractivity contribution in [3.8, 4) is 5.75 Å². The summed E-state index contributed by atoms with van der Waals surface area (Å²) < 4.78 is 8.82. The molecule has 0 saturated heterocycles. The molecular formula is C30H31BrCl3N5O3. The molecule has 1 N–H and O–H groups in total. The van der Waals surface area contributed by atoms with Gasteiger partial charge in [-0.1, -0.05) is 47.5 Å². The lowest BCUT2D eigenvalue weighted by Crippen LogP contribution is -2.35. The van der Waals surface area contributed by atoms with Crippen molar-refractivity contribution >= 4 is 80.8 Å². The van der Waals surface area contributed by atoms with E-state index in [1.54, 1.807) is 45.4 Å². The lowest BCUT2D eigenvalue weighted by molar-refractivity contribution is -0.117. The second-order valence-electron chi connectivity index (χ2n) is 9.51. The van der Waals surface area contributed by atoms with Crippen LogP contribution >= 0.6 is 51.5 Å². The minimum absolute atomic E-state index is 0. The quantitative estimate of drug-likeness (QED) is 0.187. The Labute approximate surface area is 269 Å². The molecule has 4 rings (SSSR count). The summed E-state index contributed by atoms with van der Waals surface area (Å²) in [5, 5.41) is 3.90. The van der Waals surface area contributed by atoms with Crippen LogP contribution in [0.25, 0.3) is 11.7 Å². The Hall–Kier alpha value is -3.08. The van der Waals surface area contributed by atoms with Crippen molar-refractivity contribution in [2.24, 2.45) is 0 Å². The van der Waals surface area contributed by atoms with Gasteiger partial charge < -0.3 is 19.9 Å². The third-order valence-corrected chi connectivity index (χ3v) is 8.13. The molecule has 2 amide bonds. The summed E-state index contributed by atoms with van der Waals surface area (Å²) in [7, 11) is 5.11. The molecule has 0 atom stereocenters. The number of aryl methyl sites for hydroxylation is 1. The molecule has 2 heterocycles. The first kappa shape index (κ1) is 33.4. The van der Waals surface area contributed by atoms with E-state index in [4.69, 9.17) is 27.9 Å². The molecule has 0 fully saturated rings. The second-order valence-corrected chi connectivity index (χ2v) is 11.0. The zero-order valence-corrected chi connectivity index (χ0v) is 27.4. The number of imidazole rings is 1. The number of pyridine rings is 1. The molecular weight excluding hydrogens is 665 g/mol. The van der Waals surface area contributed by atoms with Crippen molar-refractivity contribution in [2.45, 2.75) is 13.5 Å². The molecule has 0 unspecified atom stereocenters. The molecule has 0 aliphatic rings. The van der Waals surface area contributed by atoms with Crippen LogP contribution < -0.4 is 15.0 Å². The van der Waals surface area contributed by atoms with Crippen LogP contribution in [0, 0.1) is 6.92 Å². The molecule has 0 aliphatic carbocycles. The van der Waals surface area contributed by atoms with Gasteiger partial charge in [0.25, 0.3) is 5.91 Å². The summed E-state index contributed by atoms with van der Waals surface area (Å²) >= 11 is 16.7. The monoisotopic (exact) mass is 693 g/mol. The fraction of sp³-hybridized carbons (Fsp3) is 0.233. The van der Waals surface area contributed by atoms with Crippen LogP contribution in [0.2, 0.25) is 10.0 Å². The number of hydrogen-bond acceptors (Lipinski definition) is 5. The molecule has 0 radical (unpaired) electrons. The van der Waals surface area contributed by atoms with Gasteiger partial charge in [0, 0.05) is 50.0 Å². The van der Waals surface area contributed by atoms with Crippen LogP contribution in [0.5, 0.6) is 5.75 Å². The molecule has 0 saturated carbocycles. The number of anilines is 1. The molecule has 4 aromatic rings. The summed E-state index contributed by atoms with van der Waals surface area (Å²) in [6, 6.07) is 14.5. The predicted octanol–water partition coefficient (Wildman–Crippen LogP) is 6.68. The molecule has 0 spiro atoms. The number of rotatable bonds is 10. The normalized spacial score (nSPS) is 11.0. The van der Waals surface area contributed by atoms with Crippen LogP contribution in [-0.2, 0) is 11.4 Å². The van der Waals surface area contributed by atoms with Crippen LogP contribution in [0.1, 0.15) is 27.2 Å². The van der Waals surface area contributed by atoms with Gasteiger partial charge in [-0.05, 0) is 64.8 Å². The number of carbonyl (C=O) groups is 2. The summed E-state index contributed by atoms with van der Waals surface area (Å²) in [5.41, 5.74) is 4.21. The third kappa shape index (κ3) is 7.65. The van der Waals surface area contributed by atoms with Crippen molar-refractivity contribution in [3.63, 3.8) is 0 Å². The number of nitrogens with one attached hydrogen (secondary N) is 1. The maximum Gasteiger partial charge on any atom is 0.253 e. The van der Waals surface area contributed by atoms with E-state index in [0.29, 0.717) is 44.8 Å². The first-order valence-corrected chi connectivity index (χ1v) is 14.3. The fourth-order valence-corrected chi connectivity index (χ4v) is 5.05. The lowest BCUT2D eigenvalue weighted by atomic mass is 10.1. The van der Waals surface area contributed by atoms with Gasteiger partial charge >= 0.3 is 0 Å². The van der Waals surface area contributed by atoms with Gasteiger partial charge in [0.15, 0.2) is 11.4 Å². The summed E-state index contributed by atoms with van der Waals surface area (Å²) in [4.78, 5) is 32.5. The van der Waals surface area contributed by atoms with Gasteiger partial charge in [0.2, 0.25) is 5.91 Å². The highest BCUT2D eigenvalue weighted by molar-refractivity contribution is 9.10. The molecule has 2 aromatic carbocycles. The summed E-state index contributed by atoms with van der Waals surface area (Å²) in [6.07, 6.45) is 5.74. The number of carbonyl (C=O) groups excluding carboxylic acids is 2. The predicted molar refractivity (Wildman–Crippen MR) is 175 cm³/mol. The number of amides is 2. The maximum absolute atomic E-state index is 12.9. The Balaban J connectivity index is 0.00000484.